The number of carboxylic acid groups (broad SMARTS) is 1. The molecule has 1 aliphatic rings. The minimum Gasteiger partial charge on any atom is -0.481 e. The van der Waals surface area contributed by atoms with Gasteiger partial charge in [0.15, 0.2) is 0 Å². The Morgan fingerprint density at radius 3 is 2.35 bits per heavy atom. The Balaban J connectivity index is 2.19. The second-order valence-corrected chi connectivity index (χ2v) is 4.86. The van der Waals surface area contributed by atoms with E-state index in [1.807, 2.05) is 0 Å². The summed E-state index contributed by atoms with van der Waals surface area (Å²) >= 11 is 0. The van der Waals surface area contributed by atoms with Crippen LogP contribution in [-0.2, 0) is 4.79 Å². The second kappa shape index (κ2) is 5.89. The maximum absolute atomic E-state index is 11.5. The van der Waals surface area contributed by atoms with Crippen molar-refractivity contribution in [3.63, 3.8) is 0 Å². The van der Waals surface area contributed by atoms with E-state index in [9.17, 15) is 9.59 Å². The molecular formula is C12H22N2O3. The van der Waals surface area contributed by atoms with Gasteiger partial charge in [-0.05, 0) is 31.1 Å². The average molecular weight is 242 g/mol. The predicted molar refractivity (Wildman–Crippen MR) is 64.8 cm³/mol. The summed E-state index contributed by atoms with van der Waals surface area (Å²) in [7, 11) is 0. The van der Waals surface area contributed by atoms with Crippen LogP contribution in [0.1, 0.15) is 39.5 Å². The number of carbonyl (C=O) groups excluding carboxylic acids is 1. The number of carbonyl (C=O) groups is 2. The number of rotatable bonds is 7. The van der Waals surface area contributed by atoms with Crippen LogP contribution in [0.3, 0.4) is 0 Å². The largest absolute Gasteiger partial charge is 0.481 e. The Hall–Kier alpha value is -1.26. The van der Waals surface area contributed by atoms with Crippen molar-refractivity contribution in [3.8, 4) is 0 Å². The van der Waals surface area contributed by atoms with Crippen LogP contribution in [0.2, 0.25) is 0 Å². The summed E-state index contributed by atoms with van der Waals surface area (Å²) in [6, 6.07) is -0.260. The summed E-state index contributed by atoms with van der Waals surface area (Å²) in [6.07, 6.45) is 3.96. The van der Waals surface area contributed by atoms with Crippen molar-refractivity contribution in [2.75, 3.05) is 13.1 Å². The quantitative estimate of drug-likeness (QED) is 0.634. The van der Waals surface area contributed by atoms with E-state index in [0.717, 1.165) is 6.42 Å². The van der Waals surface area contributed by atoms with Gasteiger partial charge in [-0.2, -0.15) is 0 Å². The Morgan fingerprint density at radius 1 is 1.29 bits per heavy atom. The van der Waals surface area contributed by atoms with E-state index >= 15 is 0 Å². The molecule has 5 heteroatoms. The Bertz CT molecular complexity index is 287. The van der Waals surface area contributed by atoms with Gasteiger partial charge in [-0.25, -0.2) is 4.79 Å². The topological polar surface area (TPSA) is 78.4 Å². The van der Waals surface area contributed by atoms with Crippen molar-refractivity contribution in [1.29, 1.82) is 0 Å². The van der Waals surface area contributed by atoms with E-state index in [0.29, 0.717) is 18.4 Å². The molecule has 0 aromatic carbocycles. The molecule has 0 bridgehead atoms. The van der Waals surface area contributed by atoms with E-state index in [4.69, 9.17) is 5.11 Å². The van der Waals surface area contributed by atoms with Gasteiger partial charge in [-0.3, -0.25) is 4.79 Å². The predicted octanol–water partition coefficient (Wildman–Crippen LogP) is 1.59. The van der Waals surface area contributed by atoms with Crippen molar-refractivity contribution >= 4 is 12.0 Å². The van der Waals surface area contributed by atoms with Crippen molar-refractivity contribution in [1.82, 2.24) is 10.6 Å². The number of hydrogen-bond donors (Lipinski definition) is 3. The number of amides is 2. The molecule has 2 amide bonds. The third kappa shape index (κ3) is 4.24. The second-order valence-electron chi connectivity index (χ2n) is 4.86. The zero-order chi connectivity index (χ0) is 12.9. The molecule has 1 rings (SSSR count). The van der Waals surface area contributed by atoms with Gasteiger partial charge in [0.05, 0.1) is 5.92 Å². The lowest BCUT2D eigenvalue weighted by Crippen LogP contribution is -2.41. The van der Waals surface area contributed by atoms with Crippen LogP contribution in [0, 0.1) is 11.3 Å². The Kier molecular flexibility index (Phi) is 4.78. The molecule has 0 radical (unpaired) electrons. The third-order valence-corrected chi connectivity index (χ3v) is 3.68. The smallest absolute Gasteiger partial charge is 0.314 e. The summed E-state index contributed by atoms with van der Waals surface area (Å²) in [5.41, 5.74) is 0.314. The molecule has 0 aromatic heterocycles. The zero-order valence-electron chi connectivity index (χ0n) is 10.6. The van der Waals surface area contributed by atoms with E-state index < -0.39 is 11.9 Å². The monoisotopic (exact) mass is 242 g/mol. The van der Waals surface area contributed by atoms with Gasteiger partial charge in [-0.1, -0.05) is 13.8 Å². The molecule has 1 aliphatic carbocycles. The van der Waals surface area contributed by atoms with Gasteiger partial charge in [0, 0.05) is 13.1 Å². The SMILES string of the molecule is CCC(CNC(=O)NCC1(CC)CC1)C(=O)O. The standard InChI is InChI=1S/C12H22N2O3/c1-3-9(10(15)16)7-13-11(17)14-8-12(4-2)5-6-12/h9H,3-8H2,1-2H3,(H,15,16)(H2,13,14,17). The first kappa shape index (κ1) is 13.8. The highest BCUT2D eigenvalue weighted by Gasteiger charge is 2.40. The first-order valence-corrected chi connectivity index (χ1v) is 6.27. The molecule has 1 fully saturated rings. The zero-order valence-corrected chi connectivity index (χ0v) is 10.6. The molecule has 17 heavy (non-hydrogen) atoms. The minimum absolute atomic E-state index is 0.191. The van der Waals surface area contributed by atoms with Crippen molar-refractivity contribution < 1.29 is 14.7 Å². The number of aliphatic carboxylic acids is 1. The summed E-state index contributed by atoms with van der Waals surface area (Å²) < 4.78 is 0. The van der Waals surface area contributed by atoms with Crippen LogP contribution in [0.15, 0.2) is 0 Å². The van der Waals surface area contributed by atoms with E-state index in [1.165, 1.54) is 12.8 Å². The van der Waals surface area contributed by atoms with Crippen molar-refractivity contribution in [2.24, 2.45) is 11.3 Å². The molecular weight excluding hydrogens is 220 g/mol. The highest BCUT2D eigenvalue weighted by Crippen LogP contribution is 2.47. The highest BCUT2D eigenvalue weighted by molar-refractivity contribution is 5.75. The fraction of sp³-hybridized carbons (Fsp3) is 0.833. The molecule has 0 aliphatic heterocycles. The normalized spacial score (nSPS) is 18.2. The molecule has 1 saturated carbocycles. The van der Waals surface area contributed by atoms with Gasteiger partial charge < -0.3 is 15.7 Å². The molecule has 3 N–H and O–H groups in total. The number of urea groups is 1. The van der Waals surface area contributed by atoms with Crippen LogP contribution < -0.4 is 10.6 Å². The van der Waals surface area contributed by atoms with Gasteiger partial charge >= 0.3 is 12.0 Å². The van der Waals surface area contributed by atoms with Crippen LogP contribution in [-0.4, -0.2) is 30.2 Å². The molecule has 1 atom stereocenters. The van der Waals surface area contributed by atoms with E-state index in [1.54, 1.807) is 6.92 Å². The van der Waals surface area contributed by atoms with Crippen molar-refractivity contribution in [2.45, 2.75) is 39.5 Å². The molecule has 0 heterocycles. The number of carboxylic acids is 1. The van der Waals surface area contributed by atoms with Crippen LogP contribution in [0.5, 0.6) is 0 Å². The fourth-order valence-corrected chi connectivity index (χ4v) is 1.78. The van der Waals surface area contributed by atoms with Crippen LogP contribution >= 0.6 is 0 Å². The van der Waals surface area contributed by atoms with Gasteiger partial charge in [0.1, 0.15) is 0 Å². The lowest BCUT2D eigenvalue weighted by atomic mass is 10.0. The van der Waals surface area contributed by atoms with Gasteiger partial charge in [0.25, 0.3) is 0 Å². The molecule has 0 saturated heterocycles. The number of hydrogen-bond acceptors (Lipinski definition) is 2. The number of nitrogens with one attached hydrogen (secondary N) is 2. The minimum atomic E-state index is -0.861. The summed E-state index contributed by atoms with van der Waals surface area (Å²) in [5, 5.41) is 14.2. The maximum Gasteiger partial charge on any atom is 0.314 e. The molecule has 1 unspecified atom stereocenters. The lowest BCUT2D eigenvalue weighted by Gasteiger charge is -2.15. The Labute approximate surface area is 102 Å². The summed E-state index contributed by atoms with van der Waals surface area (Å²) in [5.74, 6) is -1.36. The first-order chi connectivity index (χ1) is 8.03. The molecule has 5 nitrogen and oxygen atoms in total. The van der Waals surface area contributed by atoms with Crippen molar-refractivity contribution in [3.05, 3.63) is 0 Å². The fourth-order valence-electron chi connectivity index (χ4n) is 1.78. The molecule has 98 valence electrons. The van der Waals surface area contributed by atoms with Crippen LogP contribution in [0.4, 0.5) is 4.79 Å². The molecule has 0 aromatic rings. The maximum atomic E-state index is 11.5. The third-order valence-electron chi connectivity index (χ3n) is 3.68. The van der Waals surface area contributed by atoms with Gasteiger partial charge in [-0.15, -0.1) is 0 Å². The molecule has 0 spiro atoms. The summed E-state index contributed by atoms with van der Waals surface area (Å²) in [6.45, 7) is 4.81. The first-order valence-electron chi connectivity index (χ1n) is 6.27. The summed E-state index contributed by atoms with van der Waals surface area (Å²) in [4.78, 5) is 22.2. The van der Waals surface area contributed by atoms with E-state index in [-0.39, 0.29) is 12.6 Å². The lowest BCUT2D eigenvalue weighted by molar-refractivity contribution is -0.141. The Morgan fingerprint density at radius 2 is 1.94 bits per heavy atom. The highest BCUT2D eigenvalue weighted by atomic mass is 16.4. The van der Waals surface area contributed by atoms with Crippen LogP contribution in [0.25, 0.3) is 0 Å². The van der Waals surface area contributed by atoms with E-state index in [2.05, 4.69) is 17.6 Å². The van der Waals surface area contributed by atoms with Gasteiger partial charge in [0.2, 0.25) is 0 Å². The average Bonchev–Trinajstić information content (AvgIpc) is 3.07.